The largest absolute Gasteiger partial charge is 0.356 e. The Labute approximate surface area is 108 Å². The third kappa shape index (κ3) is 2.28. The van der Waals surface area contributed by atoms with Crippen LogP contribution in [0, 0.1) is 11.3 Å². The number of hydrogen-bond acceptors (Lipinski definition) is 3. The summed E-state index contributed by atoms with van der Waals surface area (Å²) in [5, 5.41) is 10.3. The summed E-state index contributed by atoms with van der Waals surface area (Å²) in [4.78, 5) is 6.80. The molecule has 0 spiro atoms. The van der Waals surface area contributed by atoms with Crippen molar-refractivity contribution in [3.8, 4) is 6.07 Å². The van der Waals surface area contributed by atoms with E-state index in [0.717, 1.165) is 36.2 Å². The summed E-state index contributed by atoms with van der Waals surface area (Å²) >= 11 is 0. The van der Waals surface area contributed by atoms with Gasteiger partial charge in [-0.15, -0.1) is 0 Å². The predicted octanol–water partition coefficient (Wildman–Crippen LogP) is 3.34. The molecular weight excluding hydrogens is 222 g/mol. The third-order valence-electron chi connectivity index (χ3n) is 3.00. The standard InChI is InChI=1S/C15H17N3/c1-3-9-18(4-2)15-13(11-16)10-12-7-5-6-8-14(12)17-15/h5-8,10H,3-4,9H2,1-2H3. The lowest BCUT2D eigenvalue weighted by Gasteiger charge is -2.22. The number of aromatic nitrogens is 1. The van der Waals surface area contributed by atoms with Crippen molar-refractivity contribution in [2.24, 2.45) is 0 Å². The number of para-hydroxylation sites is 1. The van der Waals surface area contributed by atoms with E-state index in [2.05, 4.69) is 29.8 Å². The van der Waals surface area contributed by atoms with Crippen molar-refractivity contribution in [2.75, 3.05) is 18.0 Å². The first-order valence-electron chi connectivity index (χ1n) is 6.35. The van der Waals surface area contributed by atoms with Gasteiger partial charge in [-0.05, 0) is 25.5 Å². The fourth-order valence-electron chi connectivity index (χ4n) is 2.11. The van der Waals surface area contributed by atoms with E-state index in [1.807, 2.05) is 30.3 Å². The van der Waals surface area contributed by atoms with Crippen molar-refractivity contribution < 1.29 is 0 Å². The molecule has 0 aliphatic heterocycles. The van der Waals surface area contributed by atoms with Gasteiger partial charge >= 0.3 is 0 Å². The maximum atomic E-state index is 9.27. The van der Waals surface area contributed by atoms with Gasteiger partial charge in [-0.3, -0.25) is 0 Å². The molecule has 0 amide bonds. The van der Waals surface area contributed by atoms with Crippen LogP contribution >= 0.6 is 0 Å². The molecule has 2 aromatic rings. The minimum atomic E-state index is 0.656. The van der Waals surface area contributed by atoms with Crippen molar-refractivity contribution in [3.63, 3.8) is 0 Å². The Morgan fingerprint density at radius 1 is 1.28 bits per heavy atom. The lowest BCUT2D eigenvalue weighted by molar-refractivity contribution is 0.779. The van der Waals surface area contributed by atoms with Crippen molar-refractivity contribution in [1.82, 2.24) is 4.98 Å². The maximum Gasteiger partial charge on any atom is 0.147 e. The van der Waals surface area contributed by atoms with Crippen LogP contribution < -0.4 is 4.90 Å². The van der Waals surface area contributed by atoms with Gasteiger partial charge in [-0.2, -0.15) is 5.26 Å². The summed E-state index contributed by atoms with van der Waals surface area (Å²) in [7, 11) is 0. The molecule has 0 N–H and O–H groups in total. The van der Waals surface area contributed by atoms with Gasteiger partial charge in [0.1, 0.15) is 11.9 Å². The third-order valence-corrected chi connectivity index (χ3v) is 3.00. The monoisotopic (exact) mass is 239 g/mol. The van der Waals surface area contributed by atoms with Gasteiger partial charge in [0.2, 0.25) is 0 Å². The van der Waals surface area contributed by atoms with Crippen LogP contribution in [0.2, 0.25) is 0 Å². The van der Waals surface area contributed by atoms with Crippen molar-refractivity contribution in [3.05, 3.63) is 35.9 Å². The molecule has 0 saturated carbocycles. The second-order valence-electron chi connectivity index (χ2n) is 4.24. The molecule has 3 nitrogen and oxygen atoms in total. The molecule has 0 aliphatic carbocycles. The fraction of sp³-hybridized carbons (Fsp3) is 0.333. The van der Waals surface area contributed by atoms with Crippen LogP contribution in [0.25, 0.3) is 10.9 Å². The molecule has 0 atom stereocenters. The fourth-order valence-corrected chi connectivity index (χ4v) is 2.11. The van der Waals surface area contributed by atoms with E-state index in [1.54, 1.807) is 0 Å². The Morgan fingerprint density at radius 2 is 2.06 bits per heavy atom. The highest BCUT2D eigenvalue weighted by molar-refractivity contribution is 5.83. The van der Waals surface area contributed by atoms with E-state index in [4.69, 9.17) is 0 Å². The lowest BCUT2D eigenvalue weighted by atomic mass is 10.1. The highest BCUT2D eigenvalue weighted by Gasteiger charge is 2.12. The first-order chi connectivity index (χ1) is 8.80. The smallest absolute Gasteiger partial charge is 0.147 e. The Hall–Kier alpha value is -2.08. The summed E-state index contributed by atoms with van der Waals surface area (Å²) in [6.45, 7) is 6.02. The Kier molecular flexibility index (Phi) is 3.78. The summed E-state index contributed by atoms with van der Waals surface area (Å²) < 4.78 is 0. The summed E-state index contributed by atoms with van der Waals surface area (Å²) in [6, 6.07) is 12.1. The molecule has 0 radical (unpaired) electrons. The van der Waals surface area contributed by atoms with Crippen LogP contribution in [-0.2, 0) is 0 Å². The van der Waals surface area contributed by atoms with E-state index in [0.29, 0.717) is 5.56 Å². The Morgan fingerprint density at radius 3 is 2.72 bits per heavy atom. The minimum Gasteiger partial charge on any atom is -0.356 e. The minimum absolute atomic E-state index is 0.656. The second kappa shape index (κ2) is 5.50. The van der Waals surface area contributed by atoms with Crippen LogP contribution in [0.1, 0.15) is 25.8 Å². The zero-order valence-corrected chi connectivity index (χ0v) is 10.8. The second-order valence-corrected chi connectivity index (χ2v) is 4.24. The summed E-state index contributed by atoms with van der Waals surface area (Å²) in [5.41, 5.74) is 1.60. The Bertz CT molecular complexity index is 584. The molecule has 0 saturated heterocycles. The van der Waals surface area contributed by atoms with Crippen LogP contribution in [0.5, 0.6) is 0 Å². The van der Waals surface area contributed by atoms with Gasteiger partial charge in [0.15, 0.2) is 0 Å². The predicted molar refractivity (Wildman–Crippen MR) is 74.6 cm³/mol. The molecular formula is C15H17N3. The first kappa shape index (κ1) is 12.4. The average Bonchev–Trinajstić information content (AvgIpc) is 2.43. The lowest BCUT2D eigenvalue weighted by Crippen LogP contribution is -2.25. The number of benzene rings is 1. The molecule has 0 bridgehead atoms. The number of rotatable bonds is 4. The van der Waals surface area contributed by atoms with Gasteiger partial charge in [-0.25, -0.2) is 4.98 Å². The van der Waals surface area contributed by atoms with E-state index >= 15 is 0 Å². The van der Waals surface area contributed by atoms with E-state index in [-0.39, 0.29) is 0 Å². The van der Waals surface area contributed by atoms with Gasteiger partial charge < -0.3 is 4.90 Å². The number of fused-ring (bicyclic) bond motifs is 1. The average molecular weight is 239 g/mol. The molecule has 18 heavy (non-hydrogen) atoms. The molecule has 3 heteroatoms. The zero-order valence-electron chi connectivity index (χ0n) is 10.8. The molecule has 1 aromatic heterocycles. The maximum absolute atomic E-state index is 9.27. The van der Waals surface area contributed by atoms with Crippen LogP contribution in [-0.4, -0.2) is 18.1 Å². The Balaban J connectivity index is 2.57. The molecule has 2 rings (SSSR count). The number of hydrogen-bond donors (Lipinski definition) is 0. The van der Waals surface area contributed by atoms with Crippen LogP contribution in [0.3, 0.4) is 0 Å². The highest BCUT2D eigenvalue weighted by Crippen LogP contribution is 2.23. The van der Waals surface area contributed by atoms with Gasteiger partial charge in [0.25, 0.3) is 0 Å². The number of nitrogens with zero attached hydrogens (tertiary/aromatic N) is 3. The normalized spacial score (nSPS) is 10.3. The molecule has 0 fully saturated rings. The summed E-state index contributed by atoms with van der Waals surface area (Å²) in [5.74, 6) is 0.806. The van der Waals surface area contributed by atoms with E-state index in [1.165, 1.54) is 0 Å². The first-order valence-corrected chi connectivity index (χ1v) is 6.35. The van der Waals surface area contributed by atoms with Crippen LogP contribution in [0.15, 0.2) is 30.3 Å². The zero-order chi connectivity index (χ0) is 13.0. The molecule has 0 aliphatic rings. The molecule has 1 aromatic carbocycles. The molecule has 1 heterocycles. The number of pyridine rings is 1. The van der Waals surface area contributed by atoms with Gasteiger partial charge in [0.05, 0.1) is 11.1 Å². The highest BCUT2D eigenvalue weighted by atomic mass is 15.2. The molecule has 92 valence electrons. The van der Waals surface area contributed by atoms with Gasteiger partial charge in [0, 0.05) is 18.5 Å². The van der Waals surface area contributed by atoms with Crippen LogP contribution in [0.4, 0.5) is 5.82 Å². The quantitative estimate of drug-likeness (QED) is 0.821. The molecule has 0 unspecified atom stereocenters. The van der Waals surface area contributed by atoms with Crippen molar-refractivity contribution in [2.45, 2.75) is 20.3 Å². The van der Waals surface area contributed by atoms with Crippen molar-refractivity contribution >= 4 is 16.7 Å². The van der Waals surface area contributed by atoms with Gasteiger partial charge in [-0.1, -0.05) is 25.1 Å². The SMILES string of the molecule is CCCN(CC)c1nc2ccccc2cc1C#N. The summed E-state index contributed by atoms with van der Waals surface area (Å²) in [6.07, 6.45) is 1.05. The van der Waals surface area contributed by atoms with E-state index < -0.39 is 0 Å². The topological polar surface area (TPSA) is 39.9 Å². The van der Waals surface area contributed by atoms with Crippen molar-refractivity contribution in [1.29, 1.82) is 5.26 Å². The number of anilines is 1. The number of nitriles is 1. The van der Waals surface area contributed by atoms with E-state index in [9.17, 15) is 5.26 Å².